The minimum atomic E-state index is -0.905. The number of halogens is 2. The first-order valence-electron chi connectivity index (χ1n) is 13.3. The van der Waals surface area contributed by atoms with Crippen LogP contribution < -0.4 is 4.74 Å². The predicted octanol–water partition coefficient (Wildman–Crippen LogP) is 9.30. The van der Waals surface area contributed by atoms with Crippen LogP contribution in [0.15, 0.2) is 36.4 Å². The molecule has 0 radical (unpaired) electrons. The second-order valence-electron chi connectivity index (χ2n) is 10.4. The molecule has 2 aliphatic carbocycles. The lowest BCUT2D eigenvalue weighted by atomic mass is 9.63. The highest BCUT2D eigenvalue weighted by atomic mass is 19.2. The molecule has 0 aliphatic heterocycles. The molecule has 1 nitrogen and oxygen atoms in total. The SMILES string of the molecule is CCCCCCC1CC[C@@H]2C[C@H](c3ccc(-c4ccc(OCC)c(F)c4F)cc3)CC[C@@H]2C1. The summed E-state index contributed by atoms with van der Waals surface area (Å²) in [6.07, 6.45) is 15.1. The van der Waals surface area contributed by atoms with Gasteiger partial charge in [0.05, 0.1) is 6.61 Å². The van der Waals surface area contributed by atoms with Gasteiger partial charge in [0.1, 0.15) is 0 Å². The molecule has 3 heteroatoms. The van der Waals surface area contributed by atoms with Crippen LogP contribution in [0.25, 0.3) is 11.1 Å². The number of unbranched alkanes of at least 4 members (excludes halogenated alkanes) is 3. The summed E-state index contributed by atoms with van der Waals surface area (Å²) in [5.74, 6) is 1.59. The molecular formula is C30H40F2O. The first kappa shape index (κ1) is 24.2. The lowest BCUT2D eigenvalue weighted by Crippen LogP contribution is -2.30. The van der Waals surface area contributed by atoms with Crippen LogP contribution in [-0.2, 0) is 0 Å². The number of ether oxygens (including phenoxy) is 1. The van der Waals surface area contributed by atoms with Gasteiger partial charge in [-0.25, -0.2) is 4.39 Å². The largest absolute Gasteiger partial charge is 0.491 e. The standard InChI is InChI=1S/C30H40F2O/c1-3-5-6-7-8-21-9-10-26-20-25(16-15-24(26)19-21)22-11-13-23(14-12-22)27-17-18-28(33-4-2)30(32)29(27)31/h11-14,17-18,21,24-26H,3-10,15-16,19-20H2,1-2H3/t21?,24-,25-,26-/m1/s1. The normalized spacial score (nSPS) is 25.0. The average molecular weight is 455 g/mol. The number of hydrogen-bond acceptors (Lipinski definition) is 1. The predicted molar refractivity (Wildman–Crippen MR) is 133 cm³/mol. The van der Waals surface area contributed by atoms with Gasteiger partial charge in [-0.15, -0.1) is 0 Å². The van der Waals surface area contributed by atoms with Crippen molar-refractivity contribution in [3.8, 4) is 16.9 Å². The molecule has 0 saturated heterocycles. The summed E-state index contributed by atoms with van der Waals surface area (Å²) in [6, 6.07) is 11.3. The highest BCUT2D eigenvalue weighted by Crippen LogP contribution is 2.48. The van der Waals surface area contributed by atoms with Crippen molar-refractivity contribution in [2.24, 2.45) is 17.8 Å². The fraction of sp³-hybridized carbons (Fsp3) is 0.600. The Morgan fingerprint density at radius 2 is 1.55 bits per heavy atom. The Bertz CT molecular complexity index is 891. The molecule has 2 saturated carbocycles. The van der Waals surface area contributed by atoms with E-state index in [-0.39, 0.29) is 5.75 Å². The van der Waals surface area contributed by atoms with E-state index in [0.29, 0.717) is 18.1 Å². The number of fused-ring (bicyclic) bond motifs is 1. The third-order valence-electron chi connectivity index (χ3n) is 8.23. The van der Waals surface area contributed by atoms with Crippen molar-refractivity contribution in [1.82, 2.24) is 0 Å². The van der Waals surface area contributed by atoms with Gasteiger partial charge in [-0.3, -0.25) is 0 Å². The molecule has 0 aromatic heterocycles. The molecule has 2 aliphatic rings. The zero-order chi connectivity index (χ0) is 23.2. The Morgan fingerprint density at radius 1 is 0.788 bits per heavy atom. The second kappa shape index (κ2) is 11.5. The van der Waals surface area contributed by atoms with E-state index in [9.17, 15) is 8.78 Å². The maximum Gasteiger partial charge on any atom is 0.201 e. The topological polar surface area (TPSA) is 9.23 Å². The van der Waals surface area contributed by atoms with E-state index in [1.807, 2.05) is 12.1 Å². The van der Waals surface area contributed by atoms with E-state index in [1.54, 1.807) is 13.0 Å². The van der Waals surface area contributed by atoms with E-state index >= 15 is 0 Å². The van der Waals surface area contributed by atoms with Crippen LogP contribution >= 0.6 is 0 Å². The van der Waals surface area contributed by atoms with E-state index < -0.39 is 11.6 Å². The number of hydrogen-bond donors (Lipinski definition) is 0. The van der Waals surface area contributed by atoms with Crippen LogP contribution in [0.1, 0.15) is 96.0 Å². The third kappa shape index (κ3) is 5.78. The van der Waals surface area contributed by atoms with Crippen molar-refractivity contribution in [2.75, 3.05) is 6.61 Å². The van der Waals surface area contributed by atoms with Crippen molar-refractivity contribution in [2.45, 2.75) is 90.4 Å². The molecule has 0 bridgehead atoms. The number of rotatable bonds is 9. The van der Waals surface area contributed by atoms with Crippen LogP contribution in [0.4, 0.5) is 8.78 Å². The molecule has 4 rings (SSSR count). The molecule has 1 unspecified atom stereocenters. The quantitative estimate of drug-likeness (QED) is 0.343. The van der Waals surface area contributed by atoms with Gasteiger partial charge in [0.2, 0.25) is 5.82 Å². The van der Waals surface area contributed by atoms with Crippen LogP contribution in [0.5, 0.6) is 5.75 Å². The van der Waals surface area contributed by atoms with Crippen LogP contribution in [0.3, 0.4) is 0 Å². The van der Waals surface area contributed by atoms with Gasteiger partial charge in [-0.05, 0) is 86.0 Å². The molecule has 0 heterocycles. The fourth-order valence-electron chi connectivity index (χ4n) is 6.37. The van der Waals surface area contributed by atoms with Crippen molar-refractivity contribution < 1.29 is 13.5 Å². The summed E-state index contributed by atoms with van der Waals surface area (Å²) in [5.41, 5.74) is 2.37. The summed E-state index contributed by atoms with van der Waals surface area (Å²) < 4.78 is 34.1. The molecule has 180 valence electrons. The molecule has 0 amide bonds. The lowest BCUT2D eigenvalue weighted by Gasteiger charge is -2.42. The van der Waals surface area contributed by atoms with E-state index in [2.05, 4.69) is 19.1 Å². The molecule has 0 spiro atoms. The average Bonchev–Trinajstić information content (AvgIpc) is 2.85. The monoisotopic (exact) mass is 454 g/mol. The van der Waals surface area contributed by atoms with E-state index in [0.717, 1.165) is 23.3 Å². The summed E-state index contributed by atoms with van der Waals surface area (Å²) >= 11 is 0. The molecule has 2 fully saturated rings. The van der Waals surface area contributed by atoms with Gasteiger partial charge in [0.25, 0.3) is 0 Å². The zero-order valence-corrected chi connectivity index (χ0v) is 20.4. The molecule has 2 aromatic rings. The summed E-state index contributed by atoms with van der Waals surface area (Å²) in [6.45, 7) is 4.36. The highest BCUT2D eigenvalue weighted by molar-refractivity contribution is 5.65. The van der Waals surface area contributed by atoms with Gasteiger partial charge in [0, 0.05) is 5.56 Å². The Hall–Kier alpha value is -1.90. The van der Waals surface area contributed by atoms with Gasteiger partial charge >= 0.3 is 0 Å². The van der Waals surface area contributed by atoms with Crippen molar-refractivity contribution >= 4 is 0 Å². The summed E-state index contributed by atoms with van der Waals surface area (Å²) in [5, 5.41) is 0. The molecule has 33 heavy (non-hydrogen) atoms. The smallest absolute Gasteiger partial charge is 0.201 e. The zero-order valence-electron chi connectivity index (χ0n) is 20.4. The third-order valence-corrected chi connectivity index (χ3v) is 8.23. The molecular weight excluding hydrogens is 414 g/mol. The molecule has 0 N–H and O–H groups in total. The van der Waals surface area contributed by atoms with Gasteiger partial charge in [-0.1, -0.05) is 69.7 Å². The van der Waals surface area contributed by atoms with Crippen molar-refractivity contribution in [1.29, 1.82) is 0 Å². The number of benzene rings is 2. The van der Waals surface area contributed by atoms with E-state index in [4.69, 9.17) is 4.74 Å². The second-order valence-corrected chi connectivity index (χ2v) is 10.4. The summed E-state index contributed by atoms with van der Waals surface area (Å²) in [4.78, 5) is 0. The van der Waals surface area contributed by atoms with Gasteiger partial charge < -0.3 is 4.74 Å². The first-order chi connectivity index (χ1) is 16.1. The maximum atomic E-state index is 14.6. The Morgan fingerprint density at radius 3 is 2.30 bits per heavy atom. The lowest BCUT2D eigenvalue weighted by molar-refractivity contribution is 0.113. The Kier molecular flexibility index (Phi) is 8.44. The molecule has 4 atom stereocenters. The summed E-state index contributed by atoms with van der Waals surface area (Å²) in [7, 11) is 0. The van der Waals surface area contributed by atoms with Crippen molar-refractivity contribution in [3.05, 3.63) is 53.6 Å². The van der Waals surface area contributed by atoms with E-state index in [1.165, 1.54) is 82.3 Å². The van der Waals surface area contributed by atoms with Crippen LogP contribution in [0.2, 0.25) is 0 Å². The maximum absolute atomic E-state index is 14.6. The highest BCUT2D eigenvalue weighted by Gasteiger charge is 2.35. The van der Waals surface area contributed by atoms with Crippen LogP contribution in [-0.4, -0.2) is 6.61 Å². The van der Waals surface area contributed by atoms with Crippen LogP contribution in [0, 0.1) is 29.4 Å². The van der Waals surface area contributed by atoms with Crippen molar-refractivity contribution in [3.63, 3.8) is 0 Å². The minimum absolute atomic E-state index is 0.0252. The minimum Gasteiger partial charge on any atom is -0.491 e. The van der Waals surface area contributed by atoms with Gasteiger partial charge in [0.15, 0.2) is 11.6 Å². The molecule has 2 aromatic carbocycles. The Balaban J connectivity index is 1.35. The Labute approximate surface area is 198 Å². The first-order valence-corrected chi connectivity index (χ1v) is 13.3. The van der Waals surface area contributed by atoms with Gasteiger partial charge in [-0.2, -0.15) is 4.39 Å². The fourth-order valence-corrected chi connectivity index (χ4v) is 6.37.